The summed E-state index contributed by atoms with van der Waals surface area (Å²) in [6, 6.07) is 14.4. The fourth-order valence-electron chi connectivity index (χ4n) is 2.65. The first-order valence-electron chi connectivity index (χ1n) is 7.72. The van der Waals surface area contributed by atoms with E-state index in [-0.39, 0.29) is 12.4 Å². The quantitative estimate of drug-likeness (QED) is 0.757. The Morgan fingerprint density at radius 1 is 1.08 bits per heavy atom. The van der Waals surface area contributed by atoms with E-state index in [9.17, 15) is 9.50 Å². The third-order valence-corrected chi connectivity index (χ3v) is 4.01. The zero-order valence-corrected chi connectivity index (χ0v) is 13.4. The van der Waals surface area contributed by atoms with E-state index < -0.39 is 0 Å². The van der Waals surface area contributed by atoms with Crippen molar-refractivity contribution >= 4 is 0 Å². The average molecular weight is 326 g/mol. The number of halogens is 1. The molecule has 0 aliphatic heterocycles. The number of rotatable bonds is 6. The molecule has 0 saturated heterocycles. The summed E-state index contributed by atoms with van der Waals surface area (Å²) in [6.07, 6.45) is 2.03. The number of benzene rings is 2. The number of ether oxygens (including phenoxy) is 1. The first-order valence-corrected chi connectivity index (χ1v) is 7.72. The van der Waals surface area contributed by atoms with E-state index in [1.54, 1.807) is 36.2 Å². The Morgan fingerprint density at radius 3 is 2.50 bits per heavy atom. The molecule has 0 radical (unpaired) electrons. The SMILES string of the molecule is COc1ccc(Cn2ncc(CO)c2Cc2ccccc2F)cc1. The normalized spacial score (nSPS) is 10.8. The van der Waals surface area contributed by atoms with Gasteiger partial charge in [0.2, 0.25) is 0 Å². The van der Waals surface area contributed by atoms with Crippen molar-refractivity contribution in [1.29, 1.82) is 0 Å². The van der Waals surface area contributed by atoms with Crippen molar-refractivity contribution in [2.45, 2.75) is 19.6 Å². The van der Waals surface area contributed by atoms with Gasteiger partial charge in [-0.3, -0.25) is 4.68 Å². The molecule has 1 N–H and O–H groups in total. The molecule has 2 aromatic carbocycles. The van der Waals surface area contributed by atoms with Crippen LogP contribution in [-0.2, 0) is 19.6 Å². The van der Waals surface area contributed by atoms with Crippen molar-refractivity contribution in [3.8, 4) is 5.75 Å². The van der Waals surface area contributed by atoms with Crippen LogP contribution in [0.3, 0.4) is 0 Å². The van der Waals surface area contributed by atoms with Gasteiger partial charge in [-0.25, -0.2) is 4.39 Å². The first kappa shape index (κ1) is 16.2. The van der Waals surface area contributed by atoms with Crippen LogP contribution in [0.25, 0.3) is 0 Å². The molecule has 0 aliphatic carbocycles. The third kappa shape index (κ3) is 3.46. The average Bonchev–Trinajstić information content (AvgIpc) is 2.99. The van der Waals surface area contributed by atoms with E-state index in [0.717, 1.165) is 17.0 Å². The van der Waals surface area contributed by atoms with Gasteiger partial charge in [-0.2, -0.15) is 5.10 Å². The van der Waals surface area contributed by atoms with Gasteiger partial charge in [0.15, 0.2) is 0 Å². The predicted octanol–water partition coefficient (Wildman–Crippen LogP) is 3.16. The summed E-state index contributed by atoms with van der Waals surface area (Å²) in [7, 11) is 1.63. The van der Waals surface area contributed by atoms with Gasteiger partial charge in [0.05, 0.1) is 26.5 Å². The molecule has 0 fully saturated rings. The van der Waals surface area contributed by atoms with Crippen LogP contribution in [-0.4, -0.2) is 22.0 Å². The summed E-state index contributed by atoms with van der Waals surface area (Å²) in [5.74, 6) is 0.542. The maximum atomic E-state index is 14.0. The Balaban J connectivity index is 1.88. The number of aromatic nitrogens is 2. The molecule has 3 rings (SSSR count). The third-order valence-electron chi connectivity index (χ3n) is 4.01. The summed E-state index contributed by atoms with van der Waals surface area (Å²) in [5.41, 5.74) is 3.17. The molecule has 124 valence electrons. The highest BCUT2D eigenvalue weighted by molar-refractivity contribution is 5.30. The van der Waals surface area contributed by atoms with Gasteiger partial charge in [0.1, 0.15) is 11.6 Å². The van der Waals surface area contributed by atoms with Gasteiger partial charge in [-0.1, -0.05) is 30.3 Å². The molecule has 1 aromatic heterocycles. The Kier molecular flexibility index (Phi) is 4.91. The van der Waals surface area contributed by atoms with Crippen molar-refractivity contribution in [3.63, 3.8) is 0 Å². The smallest absolute Gasteiger partial charge is 0.126 e. The molecule has 0 amide bonds. The minimum absolute atomic E-state index is 0.119. The van der Waals surface area contributed by atoms with Gasteiger partial charge in [0.25, 0.3) is 0 Å². The van der Waals surface area contributed by atoms with Crippen LogP contribution in [0.5, 0.6) is 5.75 Å². The van der Waals surface area contributed by atoms with Crippen molar-refractivity contribution in [1.82, 2.24) is 9.78 Å². The fraction of sp³-hybridized carbons (Fsp3) is 0.211. The number of methoxy groups -OCH3 is 1. The maximum Gasteiger partial charge on any atom is 0.126 e. The standard InChI is InChI=1S/C19H19FN2O2/c1-24-17-8-6-14(7-9-17)12-22-19(16(13-23)11-21-22)10-15-4-2-3-5-18(15)20/h2-9,11,23H,10,12-13H2,1H3. The van der Waals surface area contributed by atoms with Crippen molar-refractivity contribution in [2.24, 2.45) is 0 Å². The number of hydrogen-bond acceptors (Lipinski definition) is 3. The monoisotopic (exact) mass is 326 g/mol. The summed E-state index contributed by atoms with van der Waals surface area (Å²) < 4.78 is 20.9. The summed E-state index contributed by atoms with van der Waals surface area (Å²) >= 11 is 0. The van der Waals surface area contributed by atoms with E-state index in [1.807, 2.05) is 24.3 Å². The largest absolute Gasteiger partial charge is 0.497 e. The highest BCUT2D eigenvalue weighted by Gasteiger charge is 2.13. The molecule has 24 heavy (non-hydrogen) atoms. The molecule has 0 atom stereocenters. The zero-order chi connectivity index (χ0) is 16.9. The molecule has 3 aromatic rings. The lowest BCUT2D eigenvalue weighted by Crippen LogP contribution is -2.09. The van der Waals surface area contributed by atoms with E-state index in [1.165, 1.54) is 6.07 Å². The molecule has 0 unspecified atom stereocenters. The molecule has 5 heteroatoms. The Morgan fingerprint density at radius 2 is 1.83 bits per heavy atom. The molecule has 4 nitrogen and oxygen atoms in total. The van der Waals surface area contributed by atoms with E-state index in [4.69, 9.17) is 4.74 Å². The van der Waals surface area contributed by atoms with E-state index in [2.05, 4.69) is 5.10 Å². The van der Waals surface area contributed by atoms with Crippen LogP contribution < -0.4 is 4.74 Å². The lowest BCUT2D eigenvalue weighted by molar-refractivity contribution is 0.280. The Bertz CT molecular complexity index is 812. The molecule has 0 aliphatic rings. The molecule has 0 saturated carbocycles. The van der Waals surface area contributed by atoms with Crippen molar-refractivity contribution in [3.05, 3.63) is 82.9 Å². The Labute approximate surface area is 140 Å². The minimum atomic E-state index is -0.251. The molecular weight excluding hydrogens is 307 g/mol. The van der Waals surface area contributed by atoms with Crippen LogP contribution in [0.4, 0.5) is 4.39 Å². The highest BCUT2D eigenvalue weighted by atomic mass is 19.1. The lowest BCUT2D eigenvalue weighted by Gasteiger charge is -2.11. The van der Waals surface area contributed by atoms with Gasteiger partial charge in [-0.05, 0) is 29.3 Å². The second kappa shape index (κ2) is 7.27. The number of aliphatic hydroxyl groups is 1. The second-order valence-corrected chi connectivity index (χ2v) is 5.55. The summed E-state index contributed by atoms with van der Waals surface area (Å²) in [6.45, 7) is 0.431. The first-order chi connectivity index (χ1) is 11.7. The molecule has 1 heterocycles. The zero-order valence-electron chi connectivity index (χ0n) is 13.4. The van der Waals surface area contributed by atoms with Crippen LogP contribution in [0.1, 0.15) is 22.4 Å². The van der Waals surface area contributed by atoms with Crippen molar-refractivity contribution < 1.29 is 14.2 Å². The maximum absolute atomic E-state index is 14.0. The van der Waals surface area contributed by atoms with Crippen LogP contribution in [0.2, 0.25) is 0 Å². The van der Waals surface area contributed by atoms with Gasteiger partial charge in [-0.15, -0.1) is 0 Å². The Hall–Kier alpha value is -2.66. The highest BCUT2D eigenvalue weighted by Crippen LogP contribution is 2.19. The number of hydrogen-bond donors (Lipinski definition) is 1. The lowest BCUT2D eigenvalue weighted by atomic mass is 10.1. The summed E-state index contributed by atoms with van der Waals surface area (Å²) in [5, 5.41) is 13.9. The van der Waals surface area contributed by atoms with E-state index >= 15 is 0 Å². The van der Waals surface area contributed by atoms with Crippen molar-refractivity contribution in [2.75, 3.05) is 7.11 Å². The topological polar surface area (TPSA) is 47.3 Å². The summed E-state index contributed by atoms with van der Waals surface area (Å²) in [4.78, 5) is 0. The van der Waals surface area contributed by atoms with Gasteiger partial charge in [0, 0.05) is 17.7 Å². The molecular formula is C19H19FN2O2. The predicted molar refractivity (Wildman–Crippen MR) is 89.5 cm³/mol. The van der Waals surface area contributed by atoms with Gasteiger partial charge >= 0.3 is 0 Å². The van der Waals surface area contributed by atoms with Gasteiger partial charge < -0.3 is 9.84 Å². The second-order valence-electron chi connectivity index (χ2n) is 5.55. The van der Waals surface area contributed by atoms with Crippen LogP contribution >= 0.6 is 0 Å². The molecule has 0 spiro atoms. The fourth-order valence-corrected chi connectivity index (χ4v) is 2.65. The van der Waals surface area contributed by atoms with E-state index in [0.29, 0.717) is 24.1 Å². The van der Waals surface area contributed by atoms with Crippen LogP contribution in [0.15, 0.2) is 54.7 Å². The van der Waals surface area contributed by atoms with Crippen LogP contribution in [0, 0.1) is 5.82 Å². The molecule has 0 bridgehead atoms. The number of aliphatic hydroxyl groups excluding tert-OH is 1. The number of nitrogens with zero attached hydrogens (tertiary/aromatic N) is 2. The minimum Gasteiger partial charge on any atom is -0.497 e.